The summed E-state index contributed by atoms with van der Waals surface area (Å²) >= 11 is 0. The number of aromatic nitrogens is 1. The van der Waals surface area contributed by atoms with Gasteiger partial charge in [0.2, 0.25) is 0 Å². The molecule has 0 fully saturated rings. The van der Waals surface area contributed by atoms with Crippen LogP contribution in [0.1, 0.15) is 23.8 Å². The Morgan fingerprint density at radius 3 is 2.94 bits per heavy atom. The second-order valence-corrected chi connectivity index (χ2v) is 4.15. The van der Waals surface area contributed by atoms with Gasteiger partial charge in [0, 0.05) is 23.5 Å². The SMILES string of the molecule is CCC(N)CNC(=O)c1cc2ccccc2[nH]1. The summed E-state index contributed by atoms with van der Waals surface area (Å²) in [6.45, 7) is 2.50. The van der Waals surface area contributed by atoms with Gasteiger partial charge in [0.25, 0.3) is 5.91 Å². The number of nitrogens with two attached hydrogens (primary N) is 1. The Kier molecular flexibility index (Phi) is 3.44. The van der Waals surface area contributed by atoms with Crippen LogP contribution in [0.2, 0.25) is 0 Å². The summed E-state index contributed by atoms with van der Waals surface area (Å²) in [5.74, 6) is -0.106. The van der Waals surface area contributed by atoms with Gasteiger partial charge in [-0.2, -0.15) is 0 Å². The molecule has 17 heavy (non-hydrogen) atoms. The first kappa shape index (κ1) is 11.7. The highest BCUT2D eigenvalue weighted by Gasteiger charge is 2.09. The van der Waals surface area contributed by atoms with Crippen molar-refractivity contribution in [3.05, 3.63) is 36.0 Å². The molecular weight excluding hydrogens is 214 g/mol. The third-order valence-electron chi connectivity index (χ3n) is 2.82. The summed E-state index contributed by atoms with van der Waals surface area (Å²) in [5, 5.41) is 3.85. The summed E-state index contributed by atoms with van der Waals surface area (Å²) < 4.78 is 0. The maximum Gasteiger partial charge on any atom is 0.267 e. The third-order valence-corrected chi connectivity index (χ3v) is 2.82. The maximum atomic E-state index is 11.8. The quantitative estimate of drug-likeness (QED) is 0.748. The molecule has 4 heteroatoms. The minimum absolute atomic E-state index is 0.0170. The molecule has 0 saturated heterocycles. The first-order valence-corrected chi connectivity index (χ1v) is 5.82. The molecule has 4 N–H and O–H groups in total. The molecule has 0 aliphatic carbocycles. The zero-order valence-electron chi connectivity index (χ0n) is 9.86. The van der Waals surface area contributed by atoms with Crippen LogP contribution in [0.5, 0.6) is 0 Å². The van der Waals surface area contributed by atoms with Gasteiger partial charge in [-0.3, -0.25) is 4.79 Å². The van der Waals surface area contributed by atoms with Crippen LogP contribution >= 0.6 is 0 Å². The molecule has 1 atom stereocenters. The molecule has 0 saturated carbocycles. The second-order valence-electron chi connectivity index (χ2n) is 4.15. The molecule has 1 heterocycles. The topological polar surface area (TPSA) is 70.9 Å². The molecule has 2 rings (SSSR count). The highest BCUT2D eigenvalue weighted by Crippen LogP contribution is 2.14. The Morgan fingerprint density at radius 1 is 1.47 bits per heavy atom. The summed E-state index contributed by atoms with van der Waals surface area (Å²) in [6, 6.07) is 9.67. The van der Waals surface area contributed by atoms with Crippen molar-refractivity contribution in [1.82, 2.24) is 10.3 Å². The van der Waals surface area contributed by atoms with Crippen LogP contribution < -0.4 is 11.1 Å². The van der Waals surface area contributed by atoms with E-state index in [0.717, 1.165) is 17.3 Å². The molecule has 0 aliphatic heterocycles. The molecular formula is C13H17N3O. The van der Waals surface area contributed by atoms with Crippen molar-refractivity contribution >= 4 is 16.8 Å². The van der Waals surface area contributed by atoms with Gasteiger partial charge < -0.3 is 16.0 Å². The number of benzene rings is 1. The number of carbonyl (C=O) groups is 1. The van der Waals surface area contributed by atoms with E-state index < -0.39 is 0 Å². The largest absolute Gasteiger partial charge is 0.351 e. The number of rotatable bonds is 4. The number of para-hydroxylation sites is 1. The van der Waals surface area contributed by atoms with Gasteiger partial charge in [0.1, 0.15) is 5.69 Å². The van der Waals surface area contributed by atoms with E-state index in [2.05, 4.69) is 10.3 Å². The highest BCUT2D eigenvalue weighted by molar-refractivity contribution is 5.97. The summed E-state index contributed by atoms with van der Waals surface area (Å²) in [4.78, 5) is 14.9. The first-order chi connectivity index (χ1) is 8.20. The van der Waals surface area contributed by atoms with Crippen LogP contribution in [0.25, 0.3) is 10.9 Å². The fourth-order valence-corrected chi connectivity index (χ4v) is 1.66. The van der Waals surface area contributed by atoms with E-state index in [-0.39, 0.29) is 11.9 Å². The normalized spacial score (nSPS) is 12.6. The van der Waals surface area contributed by atoms with Crippen molar-refractivity contribution in [1.29, 1.82) is 0 Å². The van der Waals surface area contributed by atoms with Gasteiger partial charge in [-0.1, -0.05) is 25.1 Å². The lowest BCUT2D eigenvalue weighted by Crippen LogP contribution is -2.36. The van der Waals surface area contributed by atoms with Gasteiger partial charge >= 0.3 is 0 Å². The van der Waals surface area contributed by atoms with Crippen molar-refractivity contribution in [3.8, 4) is 0 Å². The van der Waals surface area contributed by atoms with Gasteiger partial charge in [0.15, 0.2) is 0 Å². The summed E-state index contributed by atoms with van der Waals surface area (Å²) in [7, 11) is 0. The molecule has 0 spiro atoms. The maximum absolute atomic E-state index is 11.8. The van der Waals surface area contributed by atoms with E-state index in [1.165, 1.54) is 0 Å². The number of hydrogen-bond acceptors (Lipinski definition) is 2. The Bertz CT molecular complexity index is 485. The lowest BCUT2D eigenvalue weighted by atomic mass is 10.2. The number of H-pyrrole nitrogens is 1. The molecule has 0 radical (unpaired) electrons. The van der Waals surface area contributed by atoms with E-state index in [1.807, 2.05) is 37.3 Å². The van der Waals surface area contributed by atoms with Crippen molar-refractivity contribution < 1.29 is 4.79 Å². The van der Waals surface area contributed by atoms with Crippen molar-refractivity contribution in [2.75, 3.05) is 6.54 Å². The zero-order valence-corrected chi connectivity index (χ0v) is 9.86. The molecule has 0 aliphatic rings. The van der Waals surface area contributed by atoms with Crippen LogP contribution in [-0.2, 0) is 0 Å². The van der Waals surface area contributed by atoms with Gasteiger partial charge in [0.05, 0.1) is 0 Å². The Labute approximate surface area is 100 Å². The lowest BCUT2D eigenvalue weighted by molar-refractivity contribution is 0.0947. The number of fused-ring (bicyclic) bond motifs is 1. The lowest BCUT2D eigenvalue weighted by Gasteiger charge is -2.09. The standard InChI is InChI=1S/C13H17N3O/c1-2-10(14)8-15-13(17)12-7-9-5-3-4-6-11(9)16-12/h3-7,10,16H,2,8,14H2,1H3,(H,15,17). The van der Waals surface area contributed by atoms with E-state index in [4.69, 9.17) is 5.73 Å². The highest BCUT2D eigenvalue weighted by atomic mass is 16.1. The predicted molar refractivity (Wildman–Crippen MR) is 68.9 cm³/mol. The van der Waals surface area contributed by atoms with Crippen LogP contribution in [0.15, 0.2) is 30.3 Å². The predicted octanol–water partition coefficient (Wildman–Crippen LogP) is 1.63. The average Bonchev–Trinajstić information content (AvgIpc) is 2.79. The smallest absolute Gasteiger partial charge is 0.267 e. The number of hydrogen-bond donors (Lipinski definition) is 3. The van der Waals surface area contributed by atoms with Crippen LogP contribution in [-0.4, -0.2) is 23.5 Å². The minimum atomic E-state index is -0.106. The van der Waals surface area contributed by atoms with Crippen molar-refractivity contribution in [2.45, 2.75) is 19.4 Å². The first-order valence-electron chi connectivity index (χ1n) is 5.82. The molecule has 4 nitrogen and oxygen atoms in total. The van der Waals surface area contributed by atoms with Crippen LogP contribution in [0.4, 0.5) is 0 Å². The molecule has 90 valence electrons. The molecule has 2 aromatic rings. The van der Waals surface area contributed by atoms with Crippen molar-refractivity contribution in [3.63, 3.8) is 0 Å². The third kappa shape index (κ3) is 2.65. The fourth-order valence-electron chi connectivity index (χ4n) is 1.66. The van der Waals surface area contributed by atoms with Gasteiger partial charge in [-0.25, -0.2) is 0 Å². The number of carbonyl (C=O) groups excluding carboxylic acids is 1. The molecule has 1 aromatic heterocycles. The Balaban J connectivity index is 2.08. The van der Waals surface area contributed by atoms with Crippen LogP contribution in [0, 0.1) is 0 Å². The average molecular weight is 231 g/mol. The summed E-state index contributed by atoms with van der Waals surface area (Å²) in [5.41, 5.74) is 7.30. The van der Waals surface area contributed by atoms with Gasteiger partial charge in [-0.15, -0.1) is 0 Å². The Morgan fingerprint density at radius 2 is 2.24 bits per heavy atom. The van der Waals surface area contributed by atoms with Gasteiger partial charge in [-0.05, 0) is 18.6 Å². The molecule has 1 unspecified atom stereocenters. The number of nitrogens with one attached hydrogen (secondary N) is 2. The molecule has 1 aromatic carbocycles. The monoisotopic (exact) mass is 231 g/mol. The van der Waals surface area contributed by atoms with E-state index in [0.29, 0.717) is 12.2 Å². The molecule has 1 amide bonds. The van der Waals surface area contributed by atoms with E-state index in [9.17, 15) is 4.79 Å². The Hall–Kier alpha value is -1.81. The fraction of sp³-hybridized carbons (Fsp3) is 0.308. The number of amides is 1. The van der Waals surface area contributed by atoms with Crippen LogP contribution in [0.3, 0.4) is 0 Å². The van der Waals surface area contributed by atoms with Crippen molar-refractivity contribution in [2.24, 2.45) is 5.73 Å². The number of aromatic amines is 1. The molecule has 0 bridgehead atoms. The van der Waals surface area contributed by atoms with E-state index >= 15 is 0 Å². The van der Waals surface area contributed by atoms with E-state index in [1.54, 1.807) is 0 Å². The second kappa shape index (κ2) is 5.01. The summed E-state index contributed by atoms with van der Waals surface area (Å²) in [6.07, 6.45) is 0.854. The minimum Gasteiger partial charge on any atom is -0.351 e. The zero-order chi connectivity index (χ0) is 12.3.